The first-order valence-electron chi connectivity index (χ1n) is 7.31. The van der Waals surface area contributed by atoms with Gasteiger partial charge in [-0.25, -0.2) is 0 Å². The van der Waals surface area contributed by atoms with Gasteiger partial charge in [0.2, 0.25) is 0 Å². The summed E-state index contributed by atoms with van der Waals surface area (Å²) in [6, 6.07) is 5.97. The predicted octanol–water partition coefficient (Wildman–Crippen LogP) is 2.81. The zero-order valence-corrected chi connectivity index (χ0v) is 12.2. The molecule has 3 rings (SSSR count). The molecule has 1 atom stereocenters. The number of fused-ring (bicyclic) bond motifs is 1. The fourth-order valence-electron chi connectivity index (χ4n) is 3.48. The van der Waals surface area contributed by atoms with E-state index in [0.29, 0.717) is 6.10 Å². The van der Waals surface area contributed by atoms with Crippen LogP contribution < -0.4 is 15.2 Å². The summed E-state index contributed by atoms with van der Waals surface area (Å²) >= 11 is 0. The van der Waals surface area contributed by atoms with Gasteiger partial charge in [0.25, 0.3) is 0 Å². The minimum absolute atomic E-state index is 0.0451. The Bertz CT molecular complexity index is 481. The van der Waals surface area contributed by atoms with Crippen LogP contribution in [0, 0.1) is 0 Å². The molecule has 2 aliphatic rings. The smallest absolute Gasteiger partial charge is 0.128 e. The number of hydrogen-bond acceptors (Lipinski definition) is 4. The van der Waals surface area contributed by atoms with Gasteiger partial charge in [-0.3, -0.25) is 0 Å². The summed E-state index contributed by atoms with van der Waals surface area (Å²) in [6.07, 6.45) is 5.37. The average molecular weight is 277 g/mol. The zero-order valence-electron chi connectivity index (χ0n) is 12.2. The van der Waals surface area contributed by atoms with Crippen molar-refractivity contribution in [2.45, 2.75) is 49.9 Å². The van der Waals surface area contributed by atoms with Crippen molar-refractivity contribution >= 4 is 0 Å². The fraction of sp³-hybridized carbons (Fsp3) is 0.625. The third kappa shape index (κ3) is 2.38. The molecule has 20 heavy (non-hydrogen) atoms. The minimum Gasteiger partial charge on any atom is -0.497 e. The molecular weight excluding hydrogens is 254 g/mol. The summed E-state index contributed by atoms with van der Waals surface area (Å²) in [6.45, 7) is 0. The van der Waals surface area contributed by atoms with Crippen molar-refractivity contribution in [3.63, 3.8) is 0 Å². The van der Waals surface area contributed by atoms with Gasteiger partial charge in [0.05, 0.1) is 13.2 Å². The van der Waals surface area contributed by atoms with E-state index in [1.54, 1.807) is 14.2 Å². The van der Waals surface area contributed by atoms with E-state index in [-0.39, 0.29) is 11.6 Å². The first-order chi connectivity index (χ1) is 9.65. The Labute approximate surface area is 120 Å². The van der Waals surface area contributed by atoms with E-state index in [9.17, 15) is 0 Å². The lowest BCUT2D eigenvalue weighted by atomic mass is 9.76. The second-order valence-corrected chi connectivity index (χ2v) is 5.93. The monoisotopic (exact) mass is 277 g/mol. The molecule has 1 aliphatic carbocycles. The molecular formula is C16H23NO3. The Morgan fingerprint density at radius 3 is 2.65 bits per heavy atom. The molecule has 4 nitrogen and oxygen atoms in total. The SMILES string of the molecule is COc1ccc2c(c1)OC1(CCC(OC)CC1)CC2N. The molecule has 0 saturated heterocycles. The van der Waals surface area contributed by atoms with Gasteiger partial charge in [0.1, 0.15) is 17.1 Å². The molecule has 1 unspecified atom stereocenters. The van der Waals surface area contributed by atoms with Gasteiger partial charge in [-0.05, 0) is 31.7 Å². The highest BCUT2D eigenvalue weighted by molar-refractivity contribution is 5.44. The summed E-state index contributed by atoms with van der Waals surface area (Å²) in [4.78, 5) is 0. The van der Waals surface area contributed by atoms with E-state index in [1.165, 1.54) is 0 Å². The van der Waals surface area contributed by atoms with Crippen LogP contribution in [0.2, 0.25) is 0 Å². The summed E-state index contributed by atoms with van der Waals surface area (Å²) in [5.41, 5.74) is 7.33. The molecule has 1 spiro atoms. The lowest BCUT2D eigenvalue weighted by Crippen LogP contribution is -2.46. The Balaban J connectivity index is 1.84. The first-order valence-corrected chi connectivity index (χ1v) is 7.31. The topological polar surface area (TPSA) is 53.7 Å². The van der Waals surface area contributed by atoms with Crippen LogP contribution in [0.4, 0.5) is 0 Å². The van der Waals surface area contributed by atoms with E-state index in [1.807, 2.05) is 18.2 Å². The number of hydrogen-bond donors (Lipinski definition) is 1. The largest absolute Gasteiger partial charge is 0.497 e. The second kappa shape index (κ2) is 5.26. The van der Waals surface area contributed by atoms with Gasteiger partial charge in [0.15, 0.2) is 0 Å². The summed E-state index contributed by atoms with van der Waals surface area (Å²) < 4.78 is 17.1. The molecule has 2 N–H and O–H groups in total. The number of benzene rings is 1. The molecule has 1 saturated carbocycles. The summed E-state index contributed by atoms with van der Waals surface area (Å²) in [5, 5.41) is 0. The number of ether oxygens (including phenoxy) is 3. The molecule has 0 bridgehead atoms. The number of methoxy groups -OCH3 is 2. The van der Waals surface area contributed by atoms with Crippen LogP contribution in [0.25, 0.3) is 0 Å². The molecule has 1 aromatic rings. The molecule has 1 heterocycles. The van der Waals surface area contributed by atoms with Gasteiger partial charge in [0, 0.05) is 31.2 Å². The lowest BCUT2D eigenvalue weighted by Gasteiger charge is -2.45. The molecule has 0 amide bonds. The highest BCUT2D eigenvalue weighted by Gasteiger charge is 2.42. The lowest BCUT2D eigenvalue weighted by molar-refractivity contribution is -0.0429. The second-order valence-electron chi connectivity index (χ2n) is 5.93. The maximum atomic E-state index is 6.36. The standard InChI is InChI=1S/C16H23NO3/c1-18-11-5-7-16(8-6-11)10-14(17)13-4-3-12(19-2)9-15(13)20-16/h3-4,9,11,14H,5-8,10,17H2,1-2H3. The van der Waals surface area contributed by atoms with Crippen molar-refractivity contribution in [2.75, 3.05) is 14.2 Å². The van der Waals surface area contributed by atoms with Crippen LogP contribution in [0.3, 0.4) is 0 Å². The van der Waals surface area contributed by atoms with Gasteiger partial charge in [-0.2, -0.15) is 0 Å². The van der Waals surface area contributed by atoms with Crippen LogP contribution in [-0.2, 0) is 4.74 Å². The predicted molar refractivity (Wildman–Crippen MR) is 77.2 cm³/mol. The third-order valence-electron chi connectivity index (χ3n) is 4.72. The highest BCUT2D eigenvalue weighted by atomic mass is 16.5. The molecule has 110 valence electrons. The molecule has 1 fully saturated rings. The Morgan fingerprint density at radius 1 is 1.25 bits per heavy atom. The van der Waals surface area contributed by atoms with Crippen molar-refractivity contribution in [3.05, 3.63) is 23.8 Å². The molecule has 0 aromatic heterocycles. The van der Waals surface area contributed by atoms with Gasteiger partial charge in [-0.1, -0.05) is 6.07 Å². The van der Waals surface area contributed by atoms with Crippen molar-refractivity contribution in [3.8, 4) is 11.5 Å². The maximum Gasteiger partial charge on any atom is 0.128 e. The fourth-order valence-corrected chi connectivity index (χ4v) is 3.48. The Morgan fingerprint density at radius 2 is 2.00 bits per heavy atom. The molecule has 0 radical (unpaired) electrons. The molecule has 4 heteroatoms. The maximum absolute atomic E-state index is 6.36. The molecule has 1 aliphatic heterocycles. The van der Waals surface area contributed by atoms with Gasteiger partial charge >= 0.3 is 0 Å². The third-order valence-corrected chi connectivity index (χ3v) is 4.72. The van der Waals surface area contributed by atoms with Gasteiger partial charge in [-0.15, -0.1) is 0 Å². The van der Waals surface area contributed by atoms with Crippen molar-refractivity contribution in [2.24, 2.45) is 5.73 Å². The molecule has 1 aromatic carbocycles. The Hall–Kier alpha value is -1.26. The van der Waals surface area contributed by atoms with Crippen molar-refractivity contribution in [1.29, 1.82) is 0 Å². The number of rotatable bonds is 2. The van der Waals surface area contributed by atoms with Crippen molar-refractivity contribution < 1.29 is 14.2 Å². The average Bonchev–Trinajstić information content (AvgIpc) is 2.47. The summed E-state index contributed by atoms with van der Waals surface area (Å²) in [5.74, 6) is 1.71. The van der Waals surface area contributed by atoms with Crippen LogP contribution in [0.15, 0.2) is 18.2 Å². The number of nitrogens with two attached hydrogens (primary N) is 1. The van der Waals surface area contributed by atoms with E-state index in [0.717, 1.165) is 49.2 Å². The van der Waals surface area contributed by atoms with Crippen LogP contribution in [0.1, 0.15) is 43.7 Å². The van der Waals surface area contributed by atoms with Crippen LogP contribution in [-0.4, -0.2) is 25.9 Å². The van der Waals surface area contributed by atoms with Crippen molar-refractivity contribution in [1.82, 2.24) is 0 Å². The normalized spacial score (nSPS) is 32.5. The van der Waals surface area contributed by atoms with Crippen LogP contribution in [0.5, 0.6) is 11.5 Å². The van der Waals surface area contributed by atoms with E-state index in [4.69, 9.17) is 19.9 Å². The zero-order chi connectivity index (χ0) is 14.2. The Kier molecular flexibility index (Phi) is 3.61. The quantitative estimate of drug-likeness (QED) is 0.903. The van der Waals surface area contributed by atoms with E-state index < -0.39 is 0 Å². The first kappa shape index (κ1) is 13.7. The van der Waals surface area contributed by atoms with E-state index >= 15 is 0 Å². The summed E-state index contributed by atoms with van der Waals surface area (Å²) in [7, 11) is 3.46. The minimum atomic E-state index is -0.117. The highest BCUT2D eigenvalue weighted by Crippen LogP contribution is 2.46. The van der Waals surface area contributed by atoms with E-state index in [2.05, 4.69) is 0 Å². The van der Waals surface area contributed by atoms with Gasteiger partial charge < -0.3 is 19.9 Å². The van der Waals surface area contributed by atoms with Crippen LogP contribution >= 0.6 is 0 Å².